The van der Waals surface area contributed by atoms with Gasteiger partial charge in [0.15, 0.2) is 0 Å². The van der Waals surface area contributed by atoms with Crippen molar-refractivity contribution in [2.75, 3.05) is 5.75 Å². The van der Waals surface area contributed by atoms with E-state index in [2.05, 4.69) is 5.32 Å². The third-order valence-electron chi connectivity index (χ3n) is 2.28. The van der Waals surface area contributed by atoms with Gasteiger partial charge in [-0.05, 0) is 6.07 Å². The number of carboxylic acid groups (broad SMARTS) is 1. The number of thiophene rings is 1. The van der Waals surface area contributed by atoms with E-state index in [0.717, 1.165) is 21.8 Å². The van der Waals surface area contributed by atoms with Crippen LogP contribution in [0.25, 0.3) is 10.1 Å². The molecule has 0 fully saturated rings. The summed E-state index contributed by atoms with van der Waals surface area (Å²) in [5.41, 5.74) is 0. The molecule has 2 rings (SSSR count). The Morgan fingerprint density at radius 3 is 2.75 bits per heavy atom. The summed E-state index contributed by atoms with van der Waals surface area (Å²) in [7, 11) is 0. The van der Waals surface area contributed by atoms with Gasteiger partial charge in [0.25, 0.3) is 5.91 Å². The van der Waals surface area contributed by atoms with Crippen molar-refractivity contribution in [2.45, 2.75) is 0 Å². The molecule has 1 heterocycles. The fourth-order valence-corrected chi connectivity index (χ4v) is 3.57. The van der Waals surface area contributed by atoms with Gasteiger partial charge in [-0.1, -0.05) is 53.8 Å². The number of hydrogen-bond acceptors (Lipinski definition) is 5. The number of thioether (sulfide) groups is 1. The number of hydrogen-bond donors (Lipinski definition) is 2. The molecule has 0 saturated carbocycles. The van der Waals surface area contributed by atoms with Crippen molar-refractivity contribution in [2.24, 2.45) is 0 Å². The number of aliphatic carboxylic acids is 1. The van der Waals surface area contributed by atoms with E-state index in [1.54, 1.807) is 0 Å². The first kappa shape index (κ1) is 15.2. The van der Waals surface area contributed by atoms with Crippen LogP contribution in [-0.2, 0) is 4.79 Å². The van der Waals surface area contributed by atoms with E-state index >= 15 is 0 Å². The third-order valence-corrected chi connectivity index (χ3v) is 5.17. The fraction of sp³-hybridized carbons (Fsp3) is 0.0833. The first-order chi connectivity index (χ1) is 9.49. The van der Waals surface area contributed by atoms with Gasteiger partial charge in [-0.15, -0.1) is 11.3 Å². The molecular formula is C12H8ClNO3S3. The van der Waals surface area contributed by atoms with Crippen LogP contribution in [0.5, 0.6) is 0 Å². The molecule has 1 aromatic carbocycles. The second kappa shape index (κ2) is 6.53. The van der Waals surface area contributed by atoms with E-state index in [0.29, 0.717) is 9.90 Å². The minimum absolute atomic E-state index is 0.117. The van der Waals surface area contributed by atoms with Gasteiger partial charge in [0.05, 0.1) is 10.8 Å². The molecule has 0 saturated heterocycles. The second-order valence-corrected chi connectivity index (χ2v) is 6.75. The normalized spacial score (nSPS) is 10.4. The summed E-state index contributed by atoms with van der Waals surface area (Å²) in [5.74, 6) is -1.61. The molecule has 0 bridgehead atoms. The molecule has 0 unspecified atom stereocenters. The molecule has 2 aromatic rings. The second-order valence-electron chi connectivity index (χ2n) is 3.67. The molecule has 0 aliphatic carbocycles. The van der Waals surface area contributed by atoms with E-state index in [4.69, 9.17) is 28.9 Å². The molecule has 0 radical (unpaired) electrons. The number of halogens is 1. The standard InChI is InChI=1S/C12H8ClNO3S3/c13-9-6-3-1-2-4-7(6)20-10(9)11(17)14-12(18)19-5-8(15)16/h1-4H,5H2,(H,15,16)(H,14,17,18). The molecule has 20 heavy (non-hydrogen) atoms. The Morgan fingerprint density at radius 2 is 2.10 bits per heavy atom. The summed E-state index contributed by atoms with van der Waals surface area (Å²) in [5, 5.41) is 12.2. The monoisotopic (exact) mass is 345 g/mol. The van der Waals surface area contributed by atoms with Gasteiger partial charge in [-0.2, -0.15) is 0 Å². The van der Waals surface area contributed by atoms with Gasteiger partial charge < -0.3 is 10.4 Å². The minimum atomic E-state index is -0.994. The average Bonchev–Trinajstić information content (AvgIpc) is 2.74. The van der Waals surface area contributed by atoms with Crippen LogP contribution in [0.3, 0.4) is 0 Å². The number of nitrogens with one attached hydrogen (secondary N) is 1. The van der Waals surface area contributed by atoms with Crippen LogP contribution in [0.1, 0.15) is 9.67 Å². The molecule has 0 atom stereocenters. The Bertz CT molecular complexity index is 698. The summed E-state index contributed by atoms with van der Waals surface area (Å²) >= 11 is 13.2. The number of amides is 1. The third kappa shape index (κ3) is 3.49. The Morgan fingerprint density at radius 1 is 1.40 bits per heavy atom. The highest BCUT2D eigenvalue weighted by molar-refractivity contribution is 8.23. The number of carbonyl (C=O) groups excluding carboxylic acids is 1. The fourth-order valence-electron chi connectivity index (χ4n) is 1.47. The molecule has 1 aromatic heterocycles. The molecule has 2 N–H and O–H groups in total. The molecule has 8 heteroatoms. The zero-order chi connectivity index (χ0) is 14.7. The van der Waals surface area contributed by atoms with Crippen LogP contribution >= 0.6 is 46.9 Å². The average molecular weight is 346 g/mol. The summed E-state index contributed by atoms with van der Waals surface area (Å²) in [4.78, 5) is 22.8. The molecule has 0 aliphatic rings. The van der Waals surface area contributed by atoms with Gasteiger partial charge in [0, 0.05) is 10.1 Å². The number of carboxylic acids is 1. The minimum Gasteiger partial charge on any atom is -0.481 e. The molecule has 0 aliphatic heterocycles. The van der Waals surface area contributed by atoms with E-state index < -0.39 is 11.9 Å². The lowest BCUT2D eigenvalue weighted by Gasteiger charge is -2.03. The first-order valence-electron chi connectivity index (χ1n) is 5.36. The highest BCUT2D eigenvalue weighted by Gasteiger charge is 2.18. The van der Waals surface area contributed by atoms with Crippen molar-refractivity contribution >= 4 is 73.2 Å². The summed E-state index contributed by atoms with van der Waals surface area (Å²) in [6.07, 6.45) is 0. The predicted molar refractivity (Wildman–Crippen MR) is 87.0 cm³/mol. The van der Waals surface area contributed by atoms with E-state index in [1.165, 1.54) is 11.3 Å². The number of carbonyl (C=O) groups is 2. The number of thiocarbonyl (C=S) groups is 1. The van der Waals surface area contributed by atoms with Gasteiger partial charge in [0.1, 0.15) is 9.20 Å². The molecular weight excluding hydrogens is 338 g/mol. The SMILES string of the molecule is O=C(O)CSC(=S)NC(=O)c1sc2ccccc2c1Cl. The van der Waals surface area contributed by atoms with Crippen molar-refractivity contribution < 1.29 is 14.7 Å². The number of fused-ring (bicyclic) bond motifs is 1. The van der Waals surface area contributed by atoms with E-state index in [9.17, 15) is 9.59 Å². The lowest BCUT2D eigenvalue weighted by atomic mass is 10.2. The maximum absolute atomic E-state index is 12.1. The maximum atomic E-state index is 12.1. The molecule has 1 amide bonds. The zero-order valence-electron chi connectivity index (χ0n) is 9.88. The van der Waals surface area contributed by atoms with Crippen LogP contribution in [0, 0.1) is 0 Å². The Kier molecular flexibility index (Phi) is 4.98. The highest BCUT2D eigenvalue weighted by atomic mass is 35.5. The van der Waals surface area contributed by atoms with E-state index in [-0.39, 0.29) is 10.1 Å². The number of rotatable bonds is 3. The van der Waals surface area contributed by atoms with Gasteiger partial charge in [0.2, 0.25) is 0 Å². The Labute approximate surface area is 133 Å². The Hall–Kier alpha value is -1.15. The Balaban J connectivity index is 2.13. The largest absolute Gasteiger partial charge is 0.481 e. The molecule has 4 nitrogen and oxygen atoms in total. The summed E-state index contributed by atoms with van der Waals surface area (Å²) in [6, 6.07) is 7.42. The lowest BCUT2D eigenvalue weighted by molar-refractivity contribution is -0.133. The maximum Gasteiger partial charge on any atom is 0.313 e. The molecule has 0 spiro atoms. The molecule has 104 valence electrons. The van der Waals surface area contributed by atoms with Crippen molar-refractivity contribution in [3.8, 4) is 0 Å². The van der Waals surface area contributed by atoms with Gasteiger partial charge in [-0.3, -0.25) is 9.59 Å². The van der Waals surface area contributed by atoms with Crippen molar-refractivity contribution in [1.29, 1.82) is 0 Å². The van der Waals surface area contributed by atoms with Crippen LogP contribution < -0.4 is 5.32 Å². The van der Waals surface area contributed by atoms with Crippen molar-refractivity contribution in [3.63, 3.8) is 0 Å². The quantitative estimate of drug-likeness (QED) is 0.835. The van der Waals surface area contributed by atoms with E-state index in [1.807, 2.05) is 24.3 Å². The van der Waals surface area contributed by atoms with Crippen LogP contribution in [0.15, 0.2) is 24.3 Å². The number of benzene rings is 1. The first-order valence-corrected chi connectivity index (χ1v) is 7.95. The van der Waals surface area contributed by atoms with Crippen molar-refractivity contribution in [3.05, 3.63) is 34.2 Å². The topological polar surface area (TPSA) is 66.4 Å². The van der Waals surface area contributed by atoms with Gasteiger partial charge in [-0.25, -0.2) is 0 Å². The van der Waals surface area contributed by atoms with Gasteiger partial charge >= 0.3 is 5.97 Å². The summed E-state index contributed by atoms with van der Waals surface area (Å²) < 4.78 is 1.03. The van der Waals surface area contributed by atoms with Crippen molar-refractivity contribution in [1.82, 2.24) is 5.32 Å². The van der Waals surface area contributed by atoms with Crippen LogP contribution in [0.2, 0.25) is 5.02 Å². The highest BCUT2D eigenvalue weighted by Crippen LogP contribution is 2.35. The zero-order valence-corrected chi connectivity index (χ0v) is 13.1. The lowest BCUT2D eigenvalue weighted by Crippen LogP contribution is -2.27. The van der Waals surface area contributed by atoms with Crippen LogP contribution in [-0.4, -0.2) is 27.1 Å². The smallest absolute Gasteiger partial charge is 0.313 e. The van der Waals surface area contributed by atoms with Crippen LogP contribution in [0.4, 0.5) is 0 Å². The summed E-state index contributed by atoms with van der Waals surface area (Å²) in [6.45, 7) is 0. The predicted octanol–water partition coefficient (Wildman–Crippen LogP) is 3.39.